The van der Waals surface area contributed by atoms with Crippen LogP contribution in [0.1, 0.15) is 41.0 Å². The van der Waals surface area contributed by atoms with Gasteiger partial charge in [0.1, 0.15) is 0 Å². The van der Waals surface area contributed by atoms with Gasteiger partial charge in [-0.3, -0.25) is 4.90 Å². The van der Waals surface area contributed by atoms with Gasteiger partial charge in [-0.1, -0.05) is 13.8 Å². The van der Waals surface area contributed by atoms with Crippen LogP contribution >= 0.6 is 0 Å². The molecular formula is C14H28N2O. The normalized spacial score (nSPS) is 37.9. The lowest BCUT2D eigenvalue weighted by atomic mass is 9.78. The summed E-state index contributed by atoms with van der Waals surface area (Å²) in [6.07, 6.45) is 1.61. The summed E-state index contributed by atoms with van der Waals surface area (Å²) in [7, 11) is 0. The molecule has 0 radical (unpaired) electrons. The summed E-state index contributed by atoms with van der Waals surface area (Å²) in [5.41, 5.74) is 0.365. The molecule has 3 heteroatoms. The van der Waals surface area contributed by atoms with Crippen LogP contribution in [0.25, 0.3) is 0 Å². The molecule has 0 amide bonds. The number of piperidine rings is 1. The zero-order valence-electron chi connectivity index (χ0n) is 12.0. The first-order chi connectivity index (χ1) is 7.80. The molecule has 2 heterocycles. The lowest BCUT2D eigenvalue weighted by molar-refractivity contribution is -0.149. The summed E-state index contributed by atoms with van der Waals surface area (Å²) in [5.74, 6) is 0. The molecule has 1 N–H and O–H groups in total. The van der Waals surface area contributed by atoms with E-state index in [-0.39, 0.29) is 5.60 Å². The Morgan fingerprint density at radius 2 is 1.94 bits per heavy atom. The van der Waals surface area contributed by atoms with Gasteiger partial charge >= 0.3 is 0 Å². The maximum absolute atomic E-state index is 6.01. The number of hydrogen-bond donors (Lipinski definition) is 1. The third-order valence-electron chi connectivity index (χ3n) is 4.11. The third kappa shape index (κ3) is 3.01. The summed E-state index contributed by atoms with van der Waals surface area (Å²) < 4.78 is 6.01. The molecule has 0 aliphatic carbocycles. The van der Waals surface area contributed by atoms with Crippen LogP contribution in [0.4, 0.5) is 0 Å². The topological polar surface area (TPSA) is 24.5 Å². The number of ether oxygens (including phenoxy) is 1. The summed E-state index contributed by atoms with van der Waals surface area (Å²) in [6, 6.07) is 0.689. The van der Waals surface area contributed by atoms with Crippen molar-refractivity contribution in [3.8, 4) is 0 Å². The predicted molar refractivity (Wildman–Crippen MR) is 71.3 cm³/mol. The minimum absolute atomic E-state index is 0.00137. The maximum Gasteiger partial charge on any atom is 0.0757 e. The summed E-state index contributed by atoms with van der Waals surface area (Å²) in [5, 5.41) is 3.52. The molecule has 0 spiro atoms. The zero-order chi connectivity index (χ0) is 12.7. The van der Waals surface area contributed by atoms with Crippen molar-refractivity contribution in [1.29, 1.82) is 0 Å². The molecule has 0 saturated carbocycles. The van der Waals surface area contributed by atoms with E-state index in [9.17, 15) is 0 Å². The van der Waals surface area contributed by atoms with Crippen molar-refractivity contribution in [2.75, 3.05) is 26.2 Å². The number of nitrogens with zero attached hydrogens (tertiary/aromatic N) is 1. The number of hydrogen-bond acceptors (Lipinski definition) is 3. The van der Waals surface area contributed by atoms with E-state index < -0.39 is 0 Å². The van der Waals surface area contributed by atoms with Crippen LogP contribution in [0, 0.1) is 5.41 Å². The van der Waals surface area contributed by atoms with E-state index in [1.165, 1.54) is 6.42 Å². The van der Waals surface area contributed by atoms with Gasteiger partial charge in [0.15, 0.2) is 0 Å². The van der Waals surface area contributed by atoms with Gasteiger partial charge < -0.3 is 10.1 Å². The maximum atomic E-state index is 6.01. The quantitative estimate of drug-likeness (QED) is 0.757. The van der Waals surface area contributed by atoms with E-state index in [0.717, 1.165) is 26.2 Å². The van der Waals surface area contributed by atoms with Crippen molar-refractivity contribution in [3.05, 3.63) is 0 Å². The number of rotatable bonds is 1. The van der Waals surface area contributed by atoms with Crippen LogP contribution in [0.15, 0.2) is 0 Å². The first-order valence-corrected chi connectivity index (χ1v) is 6.93. The molecule has 2 saturated heterocycles. The number of morpholine rings is 1. The van der Waals surface area contributed by atoms with Crippen molar-refractivity contribution in [1.82, 2.24) is 10.2 Å². The molecular weight excluding hydrogens is 212 g/mol. The van der Waals surface area contributed by atoms with Crippen molar-refractivity contribution in [3.63, 3.8) is 0 Å². The van der Waals surface area contributed by atoms with Crippen LogP contribution in [0.5, 0.6) is 0 Å². The SMILES string of the molecule is CC1CN(C2CCNCC2(C)C)CC(C)(C)O1. The Balaban J connectivity index is 2.10. The summed E-state index contributed by atoms with van der Waals surface area (Å²) in [6.45, 7) is 15.8. The van der Waals surface area contributed by atoms with Gasteiger partial charge in [-0.05, 0) is 39.2 Å². The van der Waals surface area contributed by atoms with E-state index in [2.05, 4.69) is 44.8 Å². The molecule has 0 bridgehead atoms. The molecule has 2 aliphatic rings. The molecule has 0 aromatic heterocycles. The fraction of sp³-hybridized carbons (Fsp3) is 1.00. The van der Waals surface area contributed by atoms with Gasteiger partial charge in [0.2, 0.25) is 0 Å². The van der Waals surface area contributed by atoms with E-state index in [1.54, 1.807) is 0 Å². The highest BCUT2D eigenvalue weighted by Gasteiger charge is 2.41. The van der Waals surface area contributed by atoms with Crippen molar-refractivity contribution in [2.24, 2.45) is 5.41 Å². The molecule has 2 fully saturated rings. The van der Waals surface area contributed by atoms with Crippen molar-refractivity contribution in [2.45, 2.75) is 58.8 Å². The lowest BCUT2D eigenvalue weighted by Gasteiger charge is -2.51. The standard InChI is InChI=1S/C14H28N2O/c1-11-8-16(10-14(4,5)17-11)12-6-7-15-9-13(12,2)3/h11-12,15H,6-10H2,1-5H3. The molecule has 0 aromatic rings. The molecule has 2 atom stereocenters. The van der Waals surface area contributed by atoms with Crippen LogP contribution < -0.4 is 5.32 Å². The Labute approximate surface area is 106 Å². The second kappa shape index (κ2) is 4.52. The molecule has 0 aromatic carbocycles. The second-order valence-corrected chi connectivity index (χ2v) is 7.09. The minimum atomic E-state index is -0.00137. The van der Waals surface area contributed by atoms with Crippen molar-refractivity contribution < 1.29 is 4.74 Å². The Hall–Kier alpha value is -0.120. The van der Waals surface area contributed by atoms with E-state index in [1.807, 2.05) is 0 Å². The van der Waals surface area contributed by atoms with Crippen LogP contribution in [-0.4, -0.2) is 48.8 Å². The second-order valence-electron chi connectivity index (χ2n) is 7.09. The van der Waals surface area contributed by atoms with Gasteiger partial charge in [0, 0.05) is 25.7 Å². The first kappa shape index (κ1) is 13.3. The average Bonchev–Trinajstić information content (AvgIpc) is 2.13. The van der Waals surface area contributed by atoms with E-state index >= 15 is 0 Å². The van der Waals surface area contributed by atoms with Crippen LogP contribution in [0.2, 0.25) is 0 Å². The summed E-state index contributed by atoms with van der Waals surface area (Å²) >= 11 is 0. The predicted octanol–water partition coefficient (Wildman–Crippen LogP) is 1.87. The minimum Gasteiger partial charge on any atom is -0.370 e. The van der Waals surface area contributed by atoms with Crippen LogP contribution in [0.3, 0.4) is 0 Å². The molecule has 2 rings (SSSR count). The van der Waals surface area contributed by atoms with Gasteiger partial charge in [-0.15, -0.1) is 0 Å². The largest absolute Gasteiger partial charge is 0.370 e. The summed E-state index contributed by atoms with van der Waals surface area (Å²) in [4.78, 5) is 2.66. The van der Waals surface area contributed by atoms with E-state index in [4.69, 9.17) is 4.74 Å². The zero-order valence-corrected chi connectivity index (χ0v) is 12.0. The monoisotopic (exact) mass is 240 g/mol. The highest BCUT2D eigenvalue weighted by Crippen LogP contribution is 2.33. The highest BCUT2D eigenvalue weighted by atomic mass is 16.5. The van der Waals surface area contributed by atoms with Crippen LogP contribution in [-0.2, 0) is 4.74 Å². The molecule has 100 valence electrons. The Bertz CT molecular complexity index is 275. The Kier molecular flexibility index (Phi) is 3.54. The molecule has 17 heavy (non-hydrogen) atoms. The smallest absolute Gasteiger partial charge is 0.0757 e. The van der Waals surface area contributed by atoms with E-state index in [0.29, 0.717) is 17.6 Å². The highest BCUT2D eigenvalue weighted by molar-refractivity contribution is 4.96. The molecule has 2 aliphatic heterocycles. The molecule has 3 nitrogen and oxygen atoms in total. The first-order valence-electron chi connectivity index (χ1n) is 6.93. The van der Waals surface area contributed by atoms with Crippen molar-refractivity contribution >= 4 is 0 Å². The molecule has 2 unspecified atom stereocenters. The Morgan fingerprint density at radius 1 is 1.24 bits per heavy atom. The fourth-order valence-electron chi connectivity index (χ4n) is 3.58. The third-order valence-corrected chi connectivity index (χ3v) is 4.11. The average molecular weight is 240 g/mol. The van der Waals surface area contributed by atoms with Gasteiger partial charge in [0.25, 0.3) is 0 Å². The lowest BCUT2D eigenvalue weighted by Crippen LogP contribution is -2.61. The van der Waals surface area contributed by atoms with Gasteiger partial charge in [0.05, 0.1) is 11.7 Å². The fourth-order valence-corrected chi connectivity index (χ4v) is 3.58. The Morgan fingerprint density at radius 3 is 2.53 bits per heavy atom. The number of nitrogens with one attached hydrogen (secondary N) is 1. The van der Waals surface area contributed by atoms with Gasteiger partial charge in [-0.2, -0.15) is 0 Å². The van der Waals surface area contributed by atoms with Gasteiger partial charge in [-0.25, -0.2) is 0 Å².